The minimum absolute atomic E-state index is 0.0351. The molecule has 0 aliphatic heterocycles. The summed E-state index contributed by atoms with van der Waals surface area (Å²) >= 11 is 0. The number of nitrogens with one attached hydrogen (secondary N) is 1. The maximum absolute atomic E-state index is 12.4. The highest BCUT2D eigenvalue weighted by Gasteiger charge is 2.14. The molecule has 0 aromatic heterocycles. The molecule has 0 heterocycles. The summed E-state index contributed by atoms with van der Waals surface area (Å²) in [4.78, 5) is 12.9. The average Bonchev–Trinajstić information content (AvgIpc) is 3.08. The van der Waals surface area contributed by atoms with Crippen molar-refractivity contribution in [2.45, 2.75) is 29.9 Å². The molecule has 1 amide bonds. The topological polar surface area (TPSA) is 46.2 Å². The van der Waals surface area contributed by atoms with E-state index in [-0.39, 0.29) is 5.91 Å². The van der Waals surface area contributed by atoms with Gasteiger partial charge < -0.3 is 5.32 Å². The van der Waals surface area contributed by atoms with E-state index in [0.29, 0.717) is 18.1 Å². The van der Waals surface area contributed by atoms with Crippen LogP contribution in [0.25, 0.3) is 0 Å². The molecule has 0 saturated carbocycles. The standard InChI is InChI=1S/C20H21NO2S/c22-20(14-16-7-4-5-8-16)21-18-10-6-9-17(13-18)15-24(23)19-11-2-1-3-12-19/h1-4,6-7,9-13,16H,5,8,14-15H2,(H,21,22)/t16-,24+/m1/s1. The van der Waals surface area contributed by atoms with Gasteiger partial charge in [0.05, 0.1) is 16.6 Å². The Bertz CT molecular complexity index is 755. The lowest BCUT2D eigenvalue weighted by Crippen LogP contribution is -2.14. The van der Waals surface area contributed by atoms with Gasteiger partial charge in [0.2, 0.25) is 5.91 Å². The van der Waals surface area contributed by atoms with Crippen LogP contribution in [0.15, 0.2) is 71.6 Å². The summed E-state index contributed by atoms with van der Waals surface area (Å²) in [7, 11) is -1.08. The molecule has 124 valence electrons. The third-order valence-corrected chi connectivity index (χ3v) is 5.47. The highest BCUT2D eigenvalue weighted by Crippen LogP contribution is 2.21. The maximum atomic E-state index is 12.4. The Hall–Kier alpha value is -2.20. The second-order valence-electron chi connectivity index (χ2n) is 6.02. The molecule has 1 N–H and O–H groups in total. The number of hydrogen-bond donors (Lipinski definition) is 1. The van der Waals surface area contributed by atoms with Crippen molar-refractivity contribution >= 4 is 22.4 Å². The summed E-state index contributed by atoms with van der Waals surface area (Å²) in [6.45, 7) is 0. The monoisotopic (exact) mass is 339 g/mol. The van der Waals surface area contributed by atoms with E-state index in [1.54, 1.807) is 0 Å². The van der Waals surface area contributed by atoms with E-state index < -0.39 is 10.8 Å². The van der Waals surface area contributed by atoms with Crippen LogP contribution in [0.1, 0.15) is 24.8 Å². The number of allylic oxidation sites excluding steroid dienone is 2. The molecule has 0 bridgehead atoms. The summed E-state index contributed by atoms with van der Waals surface area (Å²) < 4.78 is 12.4. The van der Waals surface area contributed by atoms with Crippen molar-refractivity contribution in [3.05, 3.63) is 72.3 Å². The van der Waals surface area contributed by atoms with Crippen molar-refractivity contribution in [1.82, 2.24) is 0 Å². The summed E-state index contributed by atoms with van der Waals surface area (Å²) in [5.74, 6) is 0.839. The van der Waals surface area contributed by atoms with Gasteiger partial charge in [0.1, 0.15) is 0 Å². The van der Waals surface area contributed by atoms with Gasteiger partial charge in [-0.15, -0.1) is 0 Å². The molecular formula is C20H21NO2S. The zero-order valence-electron chi connectivity index (χ0n) is 13.5. The fourth-order valence-electron chi connectivity index (χ4n) is 2.86. The van der Waals surface area contributed by atoms with Crippen LogP contribution in [0, 0.1) is 5.92 Å². The summed E-state index contributed by atoms with van der Waals surface area (Å²) in [6.07, 6.45) is 6.91. The number of carbonyl (C=O) groups is 1. The molecule has 0 unspecified atom stereocenters. The third-order valence-electron chi connectivity index (χ3n) is 4.07. The fourth-order valence-corrected chi connectivity index (χ4v) is 3.97. The van der Waals surface area contributed by atoms with E-state index in [4.69, 9.17) is 0 Å². The van der Waals surface area contributed by atoms with E-state index in [2.05, 4.69) is 17.5 Å². The summed E-state index contributed by atoms with van der Waals surface area (Å²) in [5.41, 5.74) is 1.72. The lowest BCUT2D eigenvalue weighted by Gasteiger charge is -2.10. The molecule has 0 fully saturated rings. The maximum Gasteiger partial charge on any atom is 0.224 e. The molecule has 1 aliphatic carbocycles. The normalized spacial score (nSPS) is 17.6. The predicted octanol–water partition coefficient (Wildman–Crippen LogP) is 4.29. The molecule has 0 radical (unpaired) electrons. The molecule has 1 aliphatic rings. The van der Waals surface area contributed by atoms with Crippen molar-refractivity contribution < 1.29 is 9.00 Å². The van der Waals surface area contributed by atoms with Crippen LogP contribution in [0.4, 0.5) is 5.69 Å². The van der Waals surface area contributed by atoms with Crippen LogP contribution in [0.3, 0.4) is 0 Å². The first-order chi connectivity index (χ1) is 11.7. The van der Waals surface area contributed by atoms with Crippen molar-refractivity contribution in [3.63, 3.8) is 0 Å². The molecule has 0 spiro atoms. The minimum Gasteiger partial charge on any atom is -0.326 e. The Balaban J connectivity index is 1.60. The number of anilines is 1. The van der Waals surface area contributed by atoms with Gasteiger partial charge in [-0.3, -0.25) is 9.00 Å². The second-order valence-corrected chi connectivity index (χ2v) is 7.47. The molecule has 2 aromatic carbocycles. The molecule has 3 nitrogen and oxygen atoms in total. The highest BCUT2D eigenvalue weighted by atomic mass is 32.2. The SMILES string of the molecule is O=C(C[C@@H]1C=CCC1)Nc1cccc(C[S@](=O)c2ccccc2)c1. The zero-order valence-corrected chi connectivity index (χ0v) is 14.3. The van der Waals surface area contributed by atoms with Crippen LogP contribution in [0.5, 0.6) is 0 Å². The first-order valence-electron chi connectivity index (χ1n) is 8.19. The Morgan fingerprint density at radius 1 is 1.12 bits per heavy atom. The number of amides is 1. The average molecular weight is 339 g/mol. The quantitative estimate of drug-likeness (QED) is 0.798. The number of hydrogen-bond acceptors (Lipinski definition) is 2. The summed E-state index contributed by atoms with van der Waals surface area (Å²) in [6, 6.07) is 17.0. The van der Waals surface area contributed by atoms with Crippen molar-refractivity contribution in [2.75, 3.05) is 5.32 Å². The first kappa shape index (κ1) is 16.7. The molecule has 3 rings (SSSR count). The van der Waals surface area contributed by atoms with Crippen molar-refractivity contribution in [1.29, 1.82) is 0 Å². The van der Waals surface area contributed by atoms with Gasteiger partial charge in [0.15, 0.2) is 0 Å². The molecule has 24 heavy (non-hydrogen) atoms. The number of rotatable bonds is 6. The van der Waals surface area contributed by atoms with E-state index in [1.165, 1.54) is 0 Å². The van der Waals surface area contributed by atoms with E-state index >= 15 is 0 Å². The lowest BCUT2D eigenvalue weighted by molar-refractivity contribution is -0.116. The van der Waals surface area contributed by atoms with Crippen molar-refractivity contribution in [2.24, 2.45) is 5.92 Å². The number of carbonyl (C=O) groups excluding carboxylic acids is 1. The van der Waals surface area contributed by atoms with Gasteiger partial charge in [-0.25, -0.2) is 0 Å². The Morgan fingerprint density at radius 3 is 2.71 bits per heavy atom. The lowest BCUT2D eigenvalue weighted by atomic mass is 10.0. The molecular weight excluding hydrogens is 318 g/mol. The first-order valence-corrected chi connectivity index (χ1v) is 9.51. The van der Waals surface area contributed by atoms with E-state index in [1.807, 2.05) is 54.6 Å². The van der Waals surface area contributed by atoms with Crippen molar-refractivity contribution in [3.8, 4) is 0 Å². The highest BCUT2D eigenvalue weighted by molar-refractivity contribution is 7.84. The van der Waals surface area contributed by atoms with E-state index in [0.717, 1.165) is 29.0 Å². The minimum atomic E-state index is -1.08. The molecule has 4 heteroatoms. The van der Waals surface area contributed by atoms with Crippen LogP contribution in [-0.4, -0.2) is 10.1 Å². The molecule has 0 saturated heterocycles. The Kier molecular flexibility index (Phi) is 5.59. The molecule has 2 aromatic rings. The van der Waals surface area contributed by atoms with Gasteiger partial charge in [-0.05, 0) is 48.6 Å². The fraction of sp³-hybridized carbons (Fsp3) is 0.250. The smallest absolute Gasteiger partial charge is 0.224 e. The van der Waals surface area contributed by atoms with Crippen LogP contribution in [0.2, 0.25) is 0 Å². The van der Waals surface area contributed by atoms with Gasteiger partial charge in [0, 0.05) is 17.0 Å². The predicted molar refractivity (Wildman–Crippen MR) is 98.1 cm³/mol. The Labute approximate surface area is 145 Å². The molecule has 2 atom stereocenters. The zero-order chi connectivity index (χ0) is 16.8. The largest absolute Gasteiger partial charge is 0.326 e. The van der Waals surface area contributed by atoms with Gasteiger partial charge in [-0.2, -0.15) is 0 Å². The van der Waals surface area contributed by atoms with Crippen LogP contribution < -0.4 is 5.32 Å². The Morgan fingerprint density at radius 2 is 1.96 bits per heavy atom. The van der Waals surface area contributed by atoms with Crippen LogP contribution in [-0.2, 0) is 21.3 Å². The van der Waals surface area contributed by atoms with Gasteiger partial charge in [0.25, 0.3) is 0 Å². The van der Waals surface area contributed by atoms with Gasteiger partial charge in [-0.1, -0.05) is 42.5 Å². The third kappa shape index (κ3) is 4.65. The van der Waals surface area contributed by atoms with Crippen LogP contribution >= 0.6 is 0 Å². The summed E-state index contributed by atoms with van der Waals surface area (Å²) in [5, 5.41) is 2.95. The van der Waals surface area contributed by atoms with Gasteiger partial charge >= 0.3 is 0 Å². The van der Waals surface area contributed by atoms with E-state index in [9.17, 15) is 9.00 Å². The second kappa shape index (κ2) is 8.06. The number of benzene rings is 2.